The second-order valence-corrected chi connectivity index (χ2v) is 11.1. The molecule has 1 aliphatic carbocycles. The fraction of sp³-hybridized carbons (Fsp3) is 0.375. The summed E-state index contributed by atoms with van der Waals surface area (Å²) in [5.41, 5.74) is 1.27. The third kappa shape index (κ3) is 6.91. The Hall–Kier alpha value is -3.90. The second-order valence-electron chi connectivity index (χ2n) is 11.1. The predicted molar refractivity (Wildman–Crippen MR) is 146 cm³/mol. The number of carbonyl (C=O) groups excluding carboxylic acids is 2. The van der Waals surface area contributed by atoms with Crippen LogP contribution in [0, 0.1) is 23.4 Å². The number of ether oxygens (including phenoxy) is 1. The van der Waals surface area contributed by atoms with Crippen LogP contribution in [-0.2, 0) is 19.2 Å². The number of halogens is 6. The molecule has 3 aromatic rings. The van der Waals surface area contributed by atoms with E-state index in [-0.39, 0.29) is 51.1 Å². The molecule has 5 rings (SSSR count). The highest BCUT2D eigenvalue weighted by Gasteiger charge is 2.54. The highest BCUT2D eigenvalue weighted by atomic mass is 19.4. The van der Waals surface area contributed by atoms with E-state index in [1.165, 1.54) is 66.7 Å². The maximum Gasteiger partial charge on any atom is 0.497 e. The number of hydrogen-bond donors (Lipinski definition) is 1. The highest BCUT2D eigenvalue weighted by Crippen LogP contribution is 2.44. The molecule has 1 saturated carbocycles. The summed E-state index contributed by atoms with van der Waals surface area (Å²) in [6.45, 7) is 0.0783. The SMILES string of the molecule is O=C(NC(c1ccc(F)cc1)c1ccc(F)cc1)[C@@H]1CC[C@H]([N+]2(OC(=O)C(F)(F)F)CCOCC2)C[C@H]1c1ccccc1F. The molecule has 2 aliphatic rings. The number of benzene rings is 3. The lowest BCUT2D eigenvalue weighted by Gasteiger charge is -2.47. The van der Waals surface area contributed by atoms with Crippen LogP contribution < -0.4 is 5.32 Å². The number of hydroxylamine groups is 3. The zero-order chi connectivity index (χ0) is 31.5. The van der Waals surface area contributed by atoms with Crippen molar-refractivity contribution < 1.29 is 50.2 Å². The van der Waals surface area contributed by atoms with E-state index in [4.69, 9.17) is 9.57 Å². The fourth-order valence-corrected chi connectivity index (χ4v) is 6.33. The van der Waals surface area contributed by atoms with Crippen LogP contribution in [0.3, 0.4) is 0 Å². The number of amides is 1. The molecular weight excluding hydrogens is 590 g/mol. The number of alkyl halides is 3. The average Bonchev–Trinajstić information content (AvgIpc) is 3.01. The van der Waals surface area contributed by atoms with Gasteiger partial charge in [0.2, 0.25) is 5.91 Å². The molecule has 2 fully saturated rings. The van der Waals surface area contributed by atoms with Crippen LogP contribution in [-0.4, -0.2) is 55.0 Å². The minimum absolute atomic E-state index is 0.0233. The first-order chi connectivity index (χ1) is 21.0. The number of nitrogens with zero attached hydrogens (tertiary/aromatic N) is 1. The van der Waals surface area contributed by atoms with Gasteiger partial charge < -0.3 is 10.1 Å². The first-order valence-electron chi connectivity index (χ1n) is 14.3. The first-order valence-corrected chi connectivity index (χ1v) is 14.3. The smallest absolute Gasteiger partial charge is 0.369 e. The first kappa shape index (κ1) is 31.5. The molecule has 6 nitrogen and oxygen atoms in total. The van der Waals surface area contributed by atoms with Crippen molar-refractivity contribution in [3.8, 4) is 0 Å². The number of carbonyl (C=O) groups is 2. The van der Waals surface area contributed by atoms with Crippen molar-refractivity contribution >= 4 is 11.9 Å². The summed E-state index contributed by atoms with van der Waals surface area (Å²) in [6, 6.07) is 15.3. The standard InChI is InChI=1S/C32H30F6N2O4/c33-22-9-5-20(6-10-22)29(21-7-11-23(34)12-8-21)39-30(41)26-14-13-24(19-27(26)25-3-1-2-4-28(25)35)40(15-17-43-18-16-40)44-31(42)32(36,37)38/h1-12,24,26-27,29H,13-19H2/p+1/t24-,26+,27-/m0/s1. The highest BCUT2D eigenvalue weighted by molar-refractivity contribution is 5.81. The lowest BCUT2D eigenvalue weighted by molar-refractivity contribution is -1.11. The Kier molecular flexibility index (Phi) is 9.31. The Balaban J connectivity index is 1.47. The quantitative estimate of drug-likeness (QED) is 0.255. The van der Waals surface area contributed by atoms with Gasteiger partial charge in [-0.05, 0) is 53.4 Å². The van der Waals surface area contributed by atoms with Crippen LogP contribution in [0.25, 0.3) is 0 Å². The molecule has 0 bridgehead atoms. The van der Waals surface area contributed by atoms with E-state index >= 15 is 4.39 Å². The molecule has 0 spiro atoms. The molecule has 1 amide bonds. The van der Waals surface area contributed by atoms with Crippen molar-refractivity contribution in [3.63, 3.8) is 0 Å². The Morgan fingerprint density at radius 2 is 1.41 bits per heavy atom. The maximum atomic E-state index is 15.2. The number of rotatable bonds is 7. The summed E-state index contributed by atoms with van der Waals surface area (Å²) in [5, 5.41) is 2.97. The van der Waals surface area contributed by atoms with Crippen LogP contribution in [0.1, 0.15) is 47.9 Å². The molecular formula is C32H31F6N2O4+. The van der Waals surface area contributed by atoms with Crippen LogP contribution in [0.2, 0.25) is 0 Å². The normalized spacial score (nSPS) is 21.9. The van der Waals surface area contributed by atoms with Gasteiger partial charge in [0.15, 0.2) is 0 Å². The average molecular weight is 622 g/mol. The van der Waals surface area contributed by atoms with Crippen LogP contribution in [0.15, 0.2) is 72.8 Å². The van der Waals surface area contributed by atoms with Gasteiger partial charge in [-0.15, -0.1) is 4.65 Å². The Labute approximate surface area is 250 Å². The van der Waals surface area contributed by atoms with E-state index in [1.807, 2.05) is 0 Å². The van der Waals surface area contributed by atoms with E-state index in [1.54, 1.807) is 6.07 Å². The van der Waals surface area contributed by atoms with Gasteiger partial charge in [0.25, 0.3) is 0 Å². The van der Waals surface area contributed by atoms with Crippen LogP contribution >= 0.6 is 0 Å². The molecule has 12 heteroatoms. The number of hydrogen-bond acceptors (Lipinski definition) is 4. The zero-order valence-electron chi connectivity index (χ0n) is 23.5. The van der Waals surface area contributed by atoms with Crippen LogP contribution in [0.4, 0.5) is 26.3 Å². The van der Waals surface area contributed by atoms with Crippen molar-refractivity contribution in [2.45, 2.75) is 43.4 Å². The van der Waals surface area contributed by atoms with E-state index in [9.17, 15) is 31.5 Å². The number of nitrogens with one attached hydrogen (secondary N) is 1. The molecule has 3 atom stereocenters. The van der Waals surface area contributed by atoms with E-state index in [2.05, 4.69) is 5.32 Å². The van der Waals surface area contributed by atoms with Gasteiger partial charge in [-0.3, -0.25) is 9.63 Å². The van der Waals surface area contributed by atoms with Crippen molar-refractivity contribution in [2.75, 3.05) is 26.3 Å². The Morgan fingerprint density at radius 3 is 1.95 bits per heavy atom. The van der Waals surface area contributed by atoms with Gasteiger partial charge in [0.05, 0.1) is 19.3 Å². The van der Waals surface area contributed by atoms with Gasteiger partial charge in [0, 0.05) is 24.7 Å². The molecule has 1 heterocycles. The summed E-state index contributed by atoms with van der Waals surface area (Å²) < 4.78 is 87.3. The lowest BCUT2D eigenvalue weighted by Crippen LogP contribution is -2.64. The Morgan fingerprint density at radius 1 is 0.841 bits per heavy atom. The maximum absolute atomic E-state index is 15.2. The van der Waals surface area contributed by atoms with Crippen LogP contribution in [0.5, 0.6) is 0 Å². The molecule has 1 N–H and O–H groups in total. The van der Waals surface area contributed by atoms with E-state index in [0.717, 1.165) is 0 Å². The summed E-state index contributed by atoms with van der Waals surface area (Å²) in [5.74, 6) is -5.92. The third-order valence-electron chi connectivity index (χ3n) is 8.55. The van der Waals surface area contributed by atoms with E-state index in [0.29, 0.717) is 11.1 Å². The molecule has 0 radical (unpaired) electrons. The van der Waals surface area contributed by atoms with Crippen molar-refractivity contribution in [1.82, 2.24) is 5.32 Å². The molecule has 44 heavy (non-hydrogen) atoms. The predicted octanol–water partition coefficient (Wildman–Crippen LogP) is 6.13. The lowest BCUT2D eigenvalue weighted by atomic mass is 9.72. The van der Waals surface area contributed by atoms with Crippen molar-refractivity contribution in [1.29, 1.82) is 0 Å². The van der Waals surface area contributed by atoms with Gasteiger partial charge in [0.1, 0.15) is 36.6 Å². The molecule has 1 aliphatic heterocycles. The minimum atomic E-state index is -5.21. The summed E-state index contributed by atoms with van der Waals surface area (Å²) in [7, 11) is 0. The third-order valence-corrected chi connectivity index (χ3v) is 8.55. The van der Waals surface area contributed by atoms with Crippen molar-refractivity contribution in [2.24, 2.45) is 5.92 Å². The molecule has 0 aromatic heterocycles. The Bertz CT molecular complexity index is 1410. The van der Waals surface area contributed by atoms with Gasteiger partial charge in [-0.1, -0.05) is 42.5 Å². The number of morpholine rings is 1. The fourth-order valence-electron chi connectivity index (χ4n) is 6.33. The summed E-state index contributed by atoms with van der Waals surface area (Å²) >= 11 is 0. The molecule has 3 aromatic carbocycles. The zero-order valence-corrected chi connectivity index (χ0v) is 23.5. The largest absolute Gasteiger partial charge is 0.497 e. The molecule has 1 saturated heterocycles. The summed E-state index contributed by atoms with van der Waals surface area (Å²) in [6.07, 6.45) is -4.78. The van der Waals surface area contributed by atoms with E-state index < -0.39 is 64.1 Å². The van der Waals surface area contributed by atoms with Gasteiger partial charge in [-0.2, -0.15) is 13.2 Å². The van der Waals surface area contributed by atoms with Gasteiger partial charge >= 0.3 is 12.1 Å². The van der Waals surface area contributed by atoms with Crippen molar-refractivity contribution in [3.05, 3.63) is 107 Å². The molecule has 0 unspecified atom stereocenters. The summed E-state index contributed by atoms with van der Waals surface area (Å²) in [4.78, 5) is 31.2. The monoisotopic (exact) mass is 621 g/mol. The number of quaternary nitrogens is 1. The molecule has 234 valence electrons. The van der Waals surface area contributed by atoms with Gasteiger partial charge in [-0.25, -0.2) is 18.0 Å². The second kappa shape index (κ2) is 13.0. The minimum Gasteiger partial charge on any atom is -0.369 e. The topological polar surface area (TPSA) is 64.6 Å².